The molecule has 0 atom stereocenters. The fraction of sp³-hybridized carbons (Fsp3) is 0.133. The minimum absolute atomic E-state index is 0.106. The Balaban J connectivity index is 2.48. The van der Waals surface area contributed by atoms with Crippen LogP contribution in [0, 0.1) is 12.7 Å². The summed E-state index contributed by atoms with van der Waals surface area (Å²) in [5.74, 6) is -0.757. The lowest BCUT2D eigenvalue weighted by molar-refractivity contribution is 0.103. The molecule has 0 bridgehead atoms. The Labute approximate surface area is 110 Å². The van der Waals surface area contributed by atoms with Gasteiger partial charge in [-0.25, -0.2) is 4.39 Å². The lowest BCUT2D eigenvalue weighted by Crippen LogP contribution is -2.08. The molecule has 0 spiro atoms. The molecule has 0 aliphatic rings. The van der Waals surface area contributed by atoms with Crippen LogP contribution in [-0.4, -0.2) is 12.9 Å². The Morgan fingerprint density at radius 3 is 2.58 bits per heavy atom. The van der Waals surface area contributed by atoms with E-state index in [4.69, 9.17) is 10.5 Å². The lowest BCUT2D eigenvalue weighted by atomic mass is 9.97. The van der Waals surface area contributed by atoms with E-state index in [9.17, 15) is 9.18 Å². The highest BCUT2D eigenvalue weighted by Gasteiger charge is 2.16. The van der Waals surface area contributed by atoms with Crippen molar-refractivity contribution in [2.24, 2.45) is 0 Å². The van der Waals surface area contributed by atoms with Gasteiger partial charge in [-0.2, -0.15) is 0 Å². The van der Waals surface area contributed by atoms with E-state index in [1.807, 2.05) is 0 Å². The number of ketones is 1. The normalized spacial score (nSPS) is 10.3. The molecule has 2 aromatic rings. The number of nitrogen functional groups attached to an aromatic ring is 1. The Bertz CT molecular complexity index is 618. The maximum Gasteiger partial charge on any atom is 0.195 e. The van der Waals surface area contributed by atoms with Gasteiger partial charge in [0.05, 0.1) is 7.11 Å². The largest absolute Gasteiger partial charge is 0.494 e. The molecule has 98 valence electrons. The second kappa shape index (κ2) is 5.10. The van der Waals surface area contributed by atoms with Crippen LogP contribution in [0.1, 0.15) is 21.5 Å². The average molecular weight is 259 g/mol. The van der Waals surface area contributed by atoms with E-state index in [1.165, 1.54) is 19.2 Å². The van der Waals surface area contributed by atoms with Crippen molar-refractivity contribution in [3.05, 3.63) is 58.9 Å². The summed E-state index contributed by atoms with van der Waals surface area (Å²) in [7, 11) is 1.37. The Morgan fingerprint density at radius 2 is 2.00 bits per heavy atom. The zero-order chi connectivity index (χ0) is 14.0. The van der Waals surface area contributed by atoms with E-state index in [0.29, 0.717) is 11.3 Å². The summed E-state index contributed by atoms with van der Waals surface area (Å²) in [6.07, 6.45) is 0. The second-order valence-corrected chi connectivity index (χ2v) is 4.22. The first kappa shape index (κ1) is 13.1. The number of methoxy groups -OCH3 is 1. The Hall–Kier alpha value is -2.36. The molecule has 0 aliphatic heterocycles. The van der Waals surface area contributed by atoms with Crippen molar-refractivity contribution in [2.75, 3.05) is 12.8 Å². The van der Waals surface area contributed by atoms with Crippen LogP contribution in [-0.2, 0) is 0 Å². The van der Waals surface area contributed by atoms with Crippen molar-refractivity contribution in [1.82, 2.24) is 0 Å². The zero-order valence-corrected chi connectivity index (χ0v) is 10.7. The van der Waals surface area contributed by atoms with Gasteiger partial charge < -0.3 is 10.5 Å². The first-order valence-electron chi connectivity index (χ1n) is 5.78. The van der Waals surface area contributed by atoms with Gasteiger partial charge in [-0.3, -0.25) is 4.79 Å². The fourth-order valence-electron chi connectivity index (χ4n) is 1.95. The number of hydrogen-bond donors (Lipinski definition) is 1. The summed E-state index contributed by atoms with van der Waals surface area (Å²) < 4.78 is 18.4. The van der Waals surface area contributed by atoms with Crippen LogP contribution < -0.4 is 10.5 Å². The molecule has 3 nitrogen and oxygen atoms in total. The van der Waals surface area contributed by atoms with Crippen LogP contribution >= 0.6 is 0 Å². The van der Waals surface area contributed by atoms with Gasteiger partial charge in [-0.1, -0.05) is 12.1 Å². The molecular weight excluding hydrogens is 245 g/mol. The standard InChI is InChI=1S/C15H14FNO2/c1-9-4-3-5-12(17)14(9)15(18)10-6-7-13(19-2)11(16)8-10/h3-8H,17H2,1-2H3. The number of carbonyl (C=O) groups is 1. The highest BCUT2D eigenvalue weighted by Crippen LogP contribution is 2.23. The van der Waals surface area contributed by atoms with Crippen LogP contribution in [0.25, 0.3) is 0 Å². The number of carbonyl (C=O) groups excluding carboxylic acids is 1. The summed E-state index contributed by atoms with van der Waals surface area (Å²) >= 11 is 0. The quantitative estimate of drug-likeness (QED) is 0.681. The van der Waals surface area contributed by atoms with E-state index < -0.39 is 5.82 Å². The van der Waals surface area contributed by atoms with Gasteiger partial charge in [0.2, 0.25) is 0 Å². The van der Waals surface area contributed by atoms with Crippen molar-refractivity contribution < 1.29 is 13.9 Å². The Morgan fingerprint density at radius 1 is 1.26 bits per heavy atom. The smallest absolute Gasteiger partial charge is 0.195 e. The molecule has 0 saturated carbocycles. The van der Waals surface area contributed by atoms with Crippen LogP contribution in [0.2, 0.25) is 0 Å². The summed E-state index contributed by atoms with van der Waals surface area (Å²) in [5, 5.41) is 0. The fourth-order valence-corrected chi connectivity index (χ4v) is 1.95. The lowest BCUT2D eigenvalue weighted by Gasteiger charge is -2.09. The molecule has 0 aliphatic carbocycles. The third-order valence-electron chi connectivity index (χ3n) is 2.95. The SMILES string of the molecule is COc1ccc(C(=O)c2c(C)cccc2N)cc1F. The molecule has 2 aromatic carbocycles. The van der Waals surface area contributed by atoms with Gasteiger partial charge in [0, 0.05) is 16.8 Å². The number of rotatable bonds is 3. The highest BCUT2D eigenvalue weighted by atomic mass is 19.1. The molecule has 0 unspecified atom stereocenters. The van der Waals surface area contributed by atoms with Gasteiger partial charge in [-0.15, -0.1) is 0 Å². The minimum Gasteiger partial charge on any atom is -0.494 e. The second-order valence-electron chi connectivity index (χ2n) is 4.22. The number of halogens is 1. The summed E-state index contributed by atoms with van der Waals surface area (Å²) in [6, 6.07) is 9.33. The van der Waals surface area contributed by atoms with E-state index in [1.54, 1.807) is 25.1 Å². The van der Waals surface area contributed by atoms with Gasteiger partial charge >= 0.3 is 0 Å². The summed E-state index contributed by atoms with van der Waals surface area (Å²) in [5.41, 5.74) is 7.63. The maximum atomic E-state index is 13.6. The number of benzene rings is 2. The number of hydrogen-bond acceptors (Lipinski definition) is 3. The molecule has 19 heavy (non-hydrogen) atoms. The third-order valence-corrected chi connectivity index (χ3v) is 2.95. The van der Waals surface area contributed by atoms with Gasteiger partial charge in [0.25, 0.3) is 0 Å². The monoisotopic (exact) mass is 259 g/mol. The van der Waals surface area contributed by atoms with Gasteiger partial charge in [0.15, 0.2) is 17.3 Å². The van der Waals surface area contributed by atoms with Crippen molar-refractivity contribution in [3.63, 3.8) is 0 Å². The number of aryl methyl sites for hydroxylation is 1. The molecule has 0 aromatic heterocycles. The van der Waals surface area contributed by atoms with Crippen LogP contribution in [0.4, 0.5) is 10.1 Å². The first-order valence-corrected chi connectivity index (χ1v) is 5.78. The van der Waals surface area contributed by atoms with Crippen molar-refractivity contribution in [2.45, 2.75) is 6.92 Å². The predicted molar refractivity (Wildman–Crippen MR) is 72.0 cm³/mol. The van der Waals surface area contributed by atoms with Crippen LogP contribution in [0.3, 0.4) is 0 Å². The molecule has 0 fully saturated rings. The van der Waals surface area contributed by atoms with E-state index >= 15 is 0 Å². The van der Waals surface area contributed by atoms with E-state index in [-0.39, 0.29) is 17.1 Å². The minimum atomic E-state index is -0.569. The number of nitrogens with two attached hydrogens (primary N) is 1. The molecule has 2 rings (SSSR count). The van der Waals surface area contributed by atoms with E-state index in [0.717, 1.165) is 11.6 Å². The highest BCUT2D eigenvalue weighted by molar-refractivity contribution is 6.13. The first-order chi connectivity index (χ1) is 9.04. The Kier molecular flexibility index (Phi) is 3.51. The molecule has 4 heteroatoms. The van der Waals surface area contributed by atoms with Gasteiger partial charge in [0.1, 0.15) is 0 Å². The topological polar surface area (TPSA) is 52.3 Å². The zero-order valence-electron chi connectivity index (χ0n) is 10.7. The van der Waals surface area contributed by atoms with E-state index in [2.05, 4.69) is 0 Å². The van der Waals surface area contributed by atoms with Gasteiger partial charge in [-0.05, 0) is 36.8 Å². The summed E-state index contributed by atoms with van der Waals surface area (Å²) in [4.78, 5) is 12.4. The molecule has 0 radical (unpaired) electrons. The van der Waals surface area contributed by atoms with Crippen molar-refractivity contribution in [1.29, 1.82) is 0 Å². The van der Waals surface area contributed by atoms with Crippen molar-refractivity contribution in [3.8, 4) is 5.75 Å². The van der Waals surface area contributed by atoms with Crippen molar-refractivity contribution >= 4 is 11.5 Å². The van der Waals surface area contributed by atoms with Crippen LogP contribution in [0.15, 0.2) is 36.4 Å². The summed E-state index contributed by atoms with van der Waals surface area (Å²) in [6.45, 7) is 1.80. The molecule has 0 saturated heterocycles. The third kappa shape index (κ3) is 2.42. The molecule has 0 heterocycles. The molecular formula is C15H14FNO2. The van der Waals surface area contributed by atoms with Crippen LogP contribution in [0.5, 0.6) is 5.75 Å². The predicted octanol–water partition coefficient (Wildman–Crippen LogP) is 2.96. The maximum absolute atomic E-state index is 13.6. The average Bonchev–Trinajstić information content (AvgIpc) is 2.38. The number of anilines is 1. The molecule has 2 N–H and O–H groups in total. The molecule has 0 amide bonds. The number of ether oxygens (including phenoxy) is 1.